The minimum absolute atomic E-state index is 0.555. The summed E-state index contributed by atoms with van der Waals surface area (Å²) < 4.78 is 12.5. The zero-order valence-electron chi connectivity index (χ0n) is 11.2. The SMILES string of the molecule is COc1cc(OC)c(NCc2ccn(C)c2)cc1Cl. The molecule has 0 fully saturated rings. The summed E-state index contributed by atoms with van der Waals surface area (Å²) in [6, 6.07) is 5.64. The second kappa shape index (κ2) is 5.89. The van der Waals surface area contributed by atoms with Crippen molar-refractivity contribution >= 4 is 17.3 Å². The van der Waals surface area contributed by atoms with Crippen molar-refractivity contribution in [3.8, 4) is 11.5 Å². The molecule has 2 aromatic rings. The topological polar surface area (TPSA) is 35.4 Å². The summed E-state index contributed by atoms with van der Waals surface area (Å²) in [6.07, 6.45) is 4.07. The molecule has 1 aromatic carbocycles. The van der Waals surface area contributed by atoms with Crippen LogP contribution in [-0.2, 0) is 13.6 Å². The molecule has 0 saturated carbocycles. The highest BCUT2D eigenvalue weighted by atomic mass is 35.5. The van der Waals surface area contributed by atoms with Crippen LogP contribution in [0.3, 0.4) is 0 Å². The van der Waals surface area contributed by atoms with Gasteiger partial charge in [-0.3, -0.25) is 0 Å². The second-order valence-corrected chi connectivity index (χ2v) is 4.63. The molecule has 0 aliphatic rings. The van der Waals surface area contributed by atoms with Gasteiger partial charge in [-0.05, 0) is 17.7 Å². The summed E-state index contributed by atoms with van der Waals surface area (Å²) in [5.41, 5.74) is 2.04. The number of aryl methyl sites for hydroxylation is 1. The highest BCUT2D eigenvalue weighted by molar-refractivity contribution is 6.32. The Balaban J connectivity index is 2.17. The van der Waals surface area contributed by atoms with Gasteiger partial charge in [0.05, 0.1) is 24.9 Å². The minimum Gasteiger partial charge on any atom is -0.495 e. The molecular formula is C14H17ClN2O2. The lowest BCUT2D eigenvalue weighted by molar-refractivity contribution is 0.395. The molecule has 0 bridgehead atoms. The van der Waals surface area contributed by atoms with Crippen LogP contribution in [0.2, 0.25) is 5.02 Å². The van der Waals surface area contributed by atoms with E-state index < -0.39 is 0 Å². The molecule has 0 unspecified atom stereocenters. The van der Waals surface area contributed by atoms with Crippen LogP contribution in [0.4, 0.5) is 5.69 Å². The van der Waals surface area contributed by atoms with E-state index in [0.29, 0.717) is 23.1 Å². The van der Waals surface area contributed by atoms with E-state index in [0.717, 1.165) is 5.69 Å². The predicted octanol–water partition coefficient (Wildman–Crippen LogP) is 3.31. The van der Waals surface area contributed by atoms with E-state index in [1.165, 1.54) is 5.56 Å². The average molecular weight is 281 g/mol. The fourth-order valence-corrected chi connectivity index (χ4v) is 2.10. The molecule has 0 radical (unpaired) electrons. The fraction of sp³-hybridized carbons (Fsp3) is 0.286. The van der Waals surface area contributed by atoms with Crippen molar-refractivity contribution in [1.29, 1.82) is 0 Å². The Kier molecular flexibility index (Phi) is 4.22. The average Bonchev–Trinajstić information content (AvgIpc) is 2.82. The zero-order chi connectivity index (χ0) is 13.8. The zero-order valence-corrected chi connectivity index (χ0v) is 12.0. The number of hydrogen-bond donors (Lipinski definition) is 1. The molecule has 102 valence electrons. The van der Waals surface area contributed by atoms with Crippen molar-refractivity contribution in [3.63, 3.8) is 0 Å². The van der Waals surface area contributed by atoms with E-state index in [4.69, 9.17) is 21.1 Å². The summed E-state index contributed by atoms with van der Waals surface area (Å²) in [7, 11) is 5.20. The normalized spacial score (nSPS) is 10.3. The summed E-state index contributed by atoms with van der Waals surface area (Å²) in [5.74, 6) is 1.31. The molecule has 19 heavy (non-hydrogen) atoms. The van der Waals surface area contributed by atoms with E-state index in [-0.39, 0.29) is 0 Å². The maximum absolute atomic E-state index is 6.12. The molecular weight excluding hydrogens is 264 g/mol. The van der Waals surface area contributed by atoms with Gasteiger partial charge in [-0.25, -0.2) is 0 Å². The largest absolute Gasteiger partial charge is 0.495 e. The number of halogens is 1. The lowest BCUT2D eigenvalue weighted by atomic mass is 10.2. The number of nitrogens with one attached hydrogen (secondary N) is 1. The van der Waals surface area contributed by atoms with Crippen molar-refractivity contribution < 1.29 is 9.47 Å². The maximum Gasteiger partial charge on any atom is 0.145 e. The fourth-order valence-electron chi connectivity index (χ4n) is 1.86. The Morgan fingerprint density at radius 2 is 1.95 bits per heavy atom. The van der Waals surface area contributed by atoms with Crippen LogP contribution in [0, 0.1) is 0 Å². The van der Waals surface area contributed by atoms with Gasteiger partial charge in [-0.15, -0.1) is 0 Å². The first-order valence-corrected chi connectivity index (χ1v) is 6.28. The van der Waals surface area contributed by atoms with Gasteiger partial charge >= 0.3 is 0 Å². The van der Waals surface area contributed by atoms with E-state index >= 15 is 0 Å². The van der Waals surface area contributed by atoms with Crippen LogP contribution in [-0.4, -0.2) is 18.8 Å². The number of ether oxygens (including phenoxy) is 2. The van der Waals surface area contributed by atoms with Crippen molar-refractivity contribution in [2.45, 2.75) is 6.54 Å². The number of methoxy groups -OCH3 is 2. The third-order valence-electron chi connectivity index (χ3n) is 2.85. The molecule has 1 N–H and O–H groups in total. The van der Waals surface area contributed by atoms with Gasteiger partial charge < -0.3 is 19.4 Å². The molecule has 0 amide bonds. The molecule has 0 aliphatic heterocycles. The lowest BCUT2D eigenvalue weighted by Gasteiger charge is -2.13. The van der Waals surface area contributed by atoms with Crippen LogP contribution in [0.1, 0.15) is 5.56 Å². The van der Waals surface area contributed by atoms with E-state index in [2.05, 4.69) is 17.6 Å². The van der Waals surface area contributed by atoms with Crippen molar-refractivity contribution in [3.05, 3.63) is 41.2 Å². The lowest BCUT2D eigenvalue weighted by Crippen LogP contribution is -2.01. The van der Waals surface area contributed by atoms with Crippen LogP contribution < -0.4 is 14.8 Å². The molecule has 0 aliphatic carbocycles. The standard InChI is InChI=1S/C14H17ClN2O2/c1-17-5-4-10(9-17)8-16-12-6-11(15)13(18-2)7-14(12)19-3/h4-7,9,16H,8H2,1-3H3. The molecule has 1 aromatic heterocycles. The Bertz CT molecular complexity index is 567. The second-order valence-electron chi connectivity index (χ2n) is 4.23. The Morgan fingerprint density at radius 1 is 1.21 bits per heavy atom. The Morgan fingerprint density at radius 3 is 2.53 bits per heavy atom. The monoisotopic (exact) mass is 280 g/mol. The predicted molar refractivity (Wildman–Crippen MR) is 77.3 cm³/mol. The van der Waals surface area contributed by atoms with Crippen LogP contribution in [0.15, 0.2) is 30.6 Å². The molecule has 5 heteroatoms. The number of anilines is 1. The number of benzene rings is 1. The molecule has 0 saturated heterocycles. The maximum atomic E-state index is 6.12. The van der Waals surface area contributed by atoms with Gasteiger partial charge in [0, 0.05) is 32.1 Å². The van der Waals surface area contributed by atoms with E-state index in [1.807, 2.05) is 23.9 Å². The number of rotatable bonds is 5. The van der Waals surface area contributed by atoms with Crippen molar-refractivity contribution in [2.24, 2.45) is 7.05 Å². The van der Waals surface area contributed by atoms with Crippen LogP contribution >= 0.6 is 11.6 Å². The van der Waals surface area contributed by atoms with Crippen LogP contribution in [0.5, 0.6) is 11.5 Å². The molecule has 2 rings (SSSR count). The number of hydrogen-bond acceptors (Lipinski definition) is 3. The van der Waals surface area contributed by atoms with Gasteiger partial charge in [-0.1, -0.05) is 11.6 Å². The Hall–Kier alpha value is -1.81. The number of aromatic nitrogens is 1. The van der Waals surface area contributed by atoms with Gasteiger partial charge in [-0.2, -0.15) is 0 Å². The molecule has 0 spiro atoms. The van der Waals surface area contributed by atoms with E-state index in [9.17, 15) is 0 Å². The smallest absolute Gasteiger partial charge is 0.145 e. The Labute approximate surface area is 117 Å². The molecule has 1 heterocycles. The van der Waals surface area contributed by atoms with Crippen molar-refractivity contribution in [1.82, 2.24) is 4.57 Å². The third kappa shape index (κ3) is 3.15. The molecule has 4 nitrogen and oxygen atoms in total. The number of nitrogens with zero attached hydrogens (tertiary/aromatic N) is 1. The third-order valence-corrected chi connectivity index (χ3v) is 3.15. The van der Waals surface area contributed by atoms with Gasteiger partial charge in [0.1, 0.15) is 11.5 Å². The quantitative estimate of drug-likeness (QED) is 0.913. The highest BCUT2D eigenvalue weighted by Gasteiger charge is 2.09. The van der Waals surface area contributed by atoms with Crippen LogP contribution in [0.25, 0.3) is 0 Å². The van der Waals surface area contributed by atoms with Gasteiger partial charge in [0.15, 0.2) is 0 Å². The van der Waals surface area contributed by atoms with Gasteiger partial charge in [0.2, 0.25) is 0 Å². The first kappa shape index (κ1) is 13.6. The van der Waals surface area contributed by atoms with E-state index in [1.54, 1.807) is 20.3 Å². The van der Waals surface area contributed by atoms with Gasteiger partial charge in [0.25, 0.3) is 0 Å². The summed E-state index contributed by atoms with van der Waals surface area (Å²) >= 11 is 6.12. The molecule has 0 atom stereocenters. The van der Waals surface area contributed by atoms with Crippen molar-refractivity contribution in [2.75, 3.05) is 19.5 Å². The minimum atomic E-state index is 0.555. The summed E-state index contributed by atoms with van der Waals surface area (Å²) in [5, 5.41) is 3.86. The first-order valence-electron chi connectivity index (χ1n) is 5.90. The summed E-state index contributed by atoms with van der Waals surface area (Å²) in [6.45, 7) is 0.708. The highest BCUT2D eigenvalue weighted by Crippen LogP contribution is 2.36. The summed E-state index contributed by atoms with van der Waals surface area (Å²) in [4.78, 5) is 0. The first-order chi connectivity index (χ1) is 9.13.